The van der Waals surface area contributed by atoms with E-state index in [0.717, 1.165) is 12.8 Å². The molecule has 0 aromatic rings. The fourth-order valence-corrected chi connectivity index (χ4v) is 3.14. The van der Waals surface area contributed by atoms with Gasteiger partial charge in [-0.05, 0) is 50.9 Å². The van der Waals surface area contributed by atoms with Crippen molar-refractivity contribution in [3.63, 3.8) is 0 Å². The van der Waals surface area contributed by atoms with Crippen LogP contribution in [0.5, 0.6) is 0 Å². The number of allylic oxidation sites excluding steroid dienone is 2. The predicted octanol–water partition coefficient (Wildman–Crippen LogP) is 4.37. The Morgan fingerprint density at radius 3 is 2.69 bits per heavy atom. The molecule has 0 bridgehead atoms. The summed E-state index contributed by atoms with van der Waals surface area (Å²) in [5.41, 5.74) is 1.63. The monoisotopic (exact) mass is 222 g/mol. The lowest BCUT2D eigenvalue weighted by atomic mass is 9.62. The molecule has 0 spiro atoms. The minimum atomic E-state index is 0.241. The van der Waals surface area contributed by atoms with Gasteiger partial charge >= 0.3 is 0 Å². The Balaban J connectivity index is 2.64. The average molecular weight is 222 g/mol. The Morgan fingerprint density at radius 1 is 1.44 bits per heavy atom. The van der Waals surface area contributed by atoms with Gasteiger partial charge in [0, 0.05) is 5.92 Å². The summed E-state index contributed by atoms with van der Waals surface area (Å²) in [4.78, 5) is 11.3. The molecule has 1 aliphatic rings. The fraction of sp³-hybridized carbons (Fsp3) is 0.800. The zero-order valence-electron chi connectivity index (χ0n) is 11.3. The third-order valence-electron chi connectivity index (χ3n) is 4.24. The smallest absolute Gasteiger partial charge is 0.123 e. The van der Waals surface area contributed by atoms with Gasteiger partial charge in [0.15, 0.2) is 0 Å². The van der Waals surface area contributed by atoms with E-state index < -0.39 is 0 Å². The minimum absolute atomic E-state index is 0.241. The molecule has 0 aromatic heterocycles. The Morgan fingerprint density at radius 2 is 2.12 bits per heavy atom. The highest BCUT2D eigenvalue weighted by Crippen LogP contribution is 2.46. The fourth-order valence-electron chi connectivity index (χ4n) is 3.14. The van der Waals surface area contributed by atoms with Crippen molar-refractivity contribution in [2.24, 2.45) is 17.3 Å². The largest absolute Gasteiger partial charge is 0.303 e. The molecule has 0 aliphatic heterocycles. The standard InChI is InChI=1S/C15H26O/c1-12(2)7-5-9-15(4)10-6-8-13(3)14(15)11-16/h7,11,13-14H,5-6,8-10H2,1-4H3/t13-,14-,15-/m0/s1. The molecule has 1 nitrogen and oxygen atoms in total. The van der Waals surface area contributed by atoms with E-state index >= 15 is 0 Å². The number of hydrogen-bond acceptors (Lipinski definition) is 1. The molecule has 0 amide bonds. The Kier molecular flexibility index (Phi) is 4.76. The molecule has 1 aliphatic carbocycles. The van der Waals surface area contributed by atoms with Gasteiger partial charge < -0.3 is 4.79 Å². The van der Waals surface area contributed by atoms with Crippen LogP contribution in [0.25, 0.3) is 0 Å². The molecule has 1 heteroatoms. The van der Waals surface area contributed by atoms with Crippen molar-refractivity contribution in [3.05, 3.63) is 11.6 Å². The van der Waals surface area contributed by atoms with Crippen LogP contribution >= 0.6 is 0 Å². The average Bonchev–Trinajstić information content (AvgIpc) is 2.17. The zero-order valence-corrected chi connectivity index (χ0v) is 11.3. The van der Waals surface area contributed by atoms with Crippen LogP contribution in [-0.4, -0.2) is 6.29 Å². The van der Waals surface area contributed by atoms with Crippen LogP contribution in [0, 0.1) is 17.3 Å². The van der Waals surface area contributed by atoms with Crippen molar-refractivity contribution < 1.29 is 4.79 Å². The second kappa shape index (κ2) is 5.65. The van der Waals surface area contributed by atoms with Gasteiger partial charge in [-0.2, -0.15) is 0 Å². The molecule has 1 rings (SSSR count). The normalized spacial score (nSPS) is 34.5. The minimum Gasteiger partial charge on any atom is -0.303 e. The molecule has 0 aromatic carbocycles. The van der Waals surface area contributed by atoms with Gasteiger partial charge in [0.2, 0.25) is 0 Å². The molecular weight excluding hydrogens is 196 g/mol. The van der Waals surface area contributed by atoms with E-state index in [1.165, 1.54) is 31.1 Å². The maximum atomic E-state index is 11.3. The highest BCUT2D eigenvalue weighted by molar-refractivity contribution is 5.55. The number of carbonyl (C=O) groups is 1. The van der Waals surface area contributed by atoms with E-state index in [9.17, 15) is 4.79 Å². The highest BCUT2D eigenvalue weighted by Gasteiger charge is 2.39. The second-order valence-corrected chi connectivity index (χ2v) is 6.01. The quantitative estimate of drug-likeness (QED) is 0.510. The van der Waals surface area contributed by atoms with Crippen molar-refractivity contribution in [1.29, 1.82) is 0 Å². The third-order valence-corrected chi connectivity index (χ3v) is 4.24. The van der Waals surface area contributed by atoms with E-state index in [0.29, 0.717) is 5.92 Å². The van der Waals surface area contributed by atoms with Crippen molar-refractivity contribution >= 4 is 6.29 Å². The van der Waals surface area contributed by atoms with E-state index in [1.54, 1.807) is 0 Å². The molecular formula is C15H26O. The molecule has 92 valence electrons. The molecule has 0 unspecified atom stereocenters. The maximum Gasteiger partial charge on any atom is 0.123 e. The summed E-state index contributed by atoms with van der Waals surface area (Å²) >= 11 is 0. The van der Waals surface area contributed by atoms with Gasteiger partial charge in [-0.1, -0.05) is 31.9 Å². The summed E-state index contributed by atoms with van der Waals surface area (Å²) in [6.45, 7) is 8.82. The van der Waals surface area contributed by atoms with E-state index in [2.05, 4.69) is 33.8 Å². The van der Waals surface area contributed by atoms with Gasteiger partial charge in [0.1, 0.15) is 6.29 Å². The van der Waals surface area contributed by atoms with Crippen molar-refractivity contribution in [2.45, 2.75) is 59.8 Å². The van der Waals surface area contributed by atoms with E-state index in [4.69, 9.17) is 0 Å². The Bertz CT molecular complexity index is 263. The van der Waals surface area contributed by atoms with Crippen LogP contribution in [-0.2, 0) is 4.79 Å². The summed E-state index contributed by atoms with van der Waals surface area (Å²) in [6.07, 6.45) is 9.52. The van der Waals surface area contributed by atoms with Crippen molar-refractivity contribution in [2.75, 3.05) is 0 Å². The summed E-state index contributed by atoms with van der Waals surface area (Å²) in [6, 6.07) is 0. The first-order valence-electron chi connectivity index (χ1n) is 6.58. The van der Waals surface area contributed by atoms with Crippen LogP contribution in [0.2, 0.25) is 0 Å². The summed E-state index contributed by atoms with van der Waals surface area (Å²) in [5.74, 6) is 0.842. The molecule has 0 saturated heterocycles. The van der Waals surface area contributed by atoms with Crippen LogP contribution in [0.15, 0.2) is 11.6 Å². The Labute approximate surface area is 100 Å². The van der Waals surface area contributed by atoms with Gasteiger partial charge in [0.05, 0.1) is 0 Å². The van der Waals surface area contributed by atoms with Gasteiger partial charge in [-0.15, -0.1) is 0 Å². The number of carbonyl (C=O) groups excluding carboxylic acids is 1. The van der Waals surface area contributed by atoms with Crippen LogP contribution < -0.4 is 0 Å². The van der Waals surface area contributed by atoms with E-state index in [1.807, 2.05) is 0 Å². The van der Waals surface area contributed by atoms with Crippen molar-refractivity contribution in [3.8, 4) is 0 Å². The highest BCUT2D eigenvalue weighted by atomic mass is 16.1. The molecule has 0 radical (unpaired) electrons. The first kappa shape index (κ1) is 13.5. The first-order chi connectivity index (χ1) is 7.49. The van der Waals surface area contributed by atoms with Gasteiger partial charge in [0.25, 0.3) is 0 Å². The van der Waals surface area contributed by atoms with Crippen LogP contribution in [0.3, 0.4) is 0 Å². The lowest BCUT2D eigenvalue weighted by Crippen LogP contribution is -2.37. The molecule has 0 heterocycles. The van der Waals surface area contributed by atoms with Gasteiger partial charge in [-0.25, -0.2) is 0 Å². The molecule has 1 fully saturated rings. The summed E-state index contributed by atoms with van der Waals surface area (Å²) < 4.78 is 0. The SMILES string of the molecule is CC(C)=CCC[C@@]1(C)CCC[C@H](C)[C@@H]1C=O. The number of rotatable bonds is 4. The molecule has 16 heavy (non-hydrogen) atoms. The molecule has 0 N–H and O–H groups in total. The number of hydrogen-bond donors (Lipinski definition) is 0. The first-order valence-corrected chi connectivity index (χ1v) is 6.58. The summed E-state index contributed by atoms with van der Waals surface area (Å²) in [5, 5.41) is 0. The topological polar surface area (TPSA) is 17.1 Å². The predicted molar refractivity (Wildman–Crippen MR) is 69.3 cm³/mol. The van der Waals surface area contributed by atoms with Crippen LogP contribution in [0.1, 0.15) is 59.8 Å². The lowest BCUT2D eigenvalue weighted by Gasteiger charge is -2.42. The third kappa shape index (κ3) is 3.20. The van der Waals surface area contributed by atoms with Gasteiger partial charge in [-0.3, -0.25) is 0 Å². The lowest BCUT2D eigenvalue weighted by molar-refractivity contribution is -0.118. The molecule has 1 saturated carbocycles. The van der Waals surface area contributed by atoms with E-state index in [-0.39, 0.29) is 11.3 Å². The van der Waals surface area contributed by atoms with Crippen molar-refractivity contribution in [1.82, 2.24) is 0 Å². The second-order valence-electron chi connectivity index (χ2n) is 6.01. The number of aldehydes is 1. The zero-order chi connectivity index (χ0) is 12.2. The molecule has 3 atom stereocenters. The Hall–Kier alpha value is -0.590. The maximum absolute atomic E-state index is 11.3. The summed E-state index contributed by atoms with van der Waals surface area (Å²) in [7, 11) is 0. The van der Waals surface area contributed by atoms with Crippen LogP contribution in [0.4, 0.5) is 0 Å².